The van der Waals surface area contributed by atoms with Crippen molar-refractivity contribution in [2.24, 2.45) is 0 Å². The first-order valence-electron chi connectivity index (χ1n) is 17.0. The van der Waals surface area contributed by atoms with Crippen molar-refractivity contribution in [3.05, 3.63) is 88.5 Å². The summed E-state index contributed by atoms with van der Waals surface area (Å²) < 4.78 is 5.01. The maximum atomic E-state index is 13.2. The molecule has 2 N–H and O–H groups in total. The number of nitrogens with one attached hydrogen (secondary N) is 2. The normalized spacial score (nSPS) is 15.9. The molecule has 2 aliphatic heterocycles. The van der Waals surface area contributed by atoms with E-state index in [-0.39, 0.29) is 23.7 Å². The van der Waals surface area contributed by atoms with E-state index in [0.717, 1.165) is 84.8 Å². The average molecular weight is 663 g/mol. The average Bonchev–Trinajstić information content (AvgIpc) is 3.73. The minimum Gasteiger partial charge on any atom is -0.469 e. The van der Waals surface area contributed by atoms with Gasteiger partial charge in [-0.15, -0.1) is 0 Å². The molecule has 2 aliphatic rings. The molecule has 0 aliphatic carbocycles. The lowest BCUT2D eigenvalue weighted by Gasteiger charge is -2.19. The summed E-state index contributed by atoms with van der Waals surface area (Å²) in [7, 11) is 7.31. The molecule has 3 aromatic heterocycles. The van der Waals surface area contributed by atoms with E-state index in [2.05, 4.69) is 80.0 Å². The summed E-state index contributed by atoms with van der Waals surface area (Å²) in [5.74, 6) is -0.0779. The largest absolute Gasteiger partial charge is 0.469 e. The van der Waals surface area contributed by atoms with Gasteiger partial charge in [-0.2, -0.15) is 0 Å². The zero-order valence-corrected chi connectivity index (χ0v) is 30.3. The molecular formula is C40H50N6O3. The highest BCUT2D eigenvalue weighted by molar-refractivity contribution is 5.97. The monoisotopic (exact) mass is 662 g/mol. The fourth-order valence-electron chi connectivity index (χ4n) is 6.89. The summed E-state index contributed by atoms with van der Waals surface area (Å²) in [6.45, 7) is 18.1. The van der Waals surface area contributed by atoms with E-state index in [0.29, 0.717) is 32.2 Å². The molecule has 5 rings (SSSR count). The number of aryl methyl sites for hydroxylation is 3. The lowest BCUT2D eigenvalue weighted by molar-refractivity contribution is -0.140. The standard InChI is InChI=1S/C40H50N6O3/c1-11-27-23(3)31-19-32-26(6)30(14-16-40(48)49-10)38(43-32)22-37-29(13-15-39(47)46(9)18-17-45(7)8)25(5)34(44-37)21-36-28(12-2)24(4)33(42-36)20-35(27)41-31/h11-12,19-22,26,30,41,44H,1-2,13-18H2,3-10H3. The van der Waals surface area contributed by atoms with E-state index in [4.69, 9.17) is 14.7 Å². The van der Waals surface area contributed by atoms with E-state index >= 15 is 0 Å². The predicted molar refractivity (Wildman–Crippen MR) is 200 cm³/mol. The van der Waals surface area contributed by atoms with Crippen LogP contribution < -0.4 is 0 Å². The van der Waals surface area contributed by atoms with Crippen LogP contribution in [0, 0.1) is 13.8 Å². The SMILES string of the molecule is C=CC1=C(C)c2cc3[nH]c(cc4nc(cc5[nH]c(cc1n2)c(C)c5CCC(=O)N(C)CCN(C)C)C(CCC(=O)OC)C4C)c(C)c3C=C. The molecule has 0 spiro atoms. The van der Waals surface area contributed by atoms with Crippen molar-refractivity contribution in [3.8, 4) is 0 Å². The lowest BCUT2D eigenvalue weighted by atomic mass is 9.87. The van der Waals surface area contributed by atoms with Gasteiger partial charge in [-0.05, 0) is 94.2 Å². The molecular weight excluding hydrogens is 612 g/mol. The van der Waals surface area contributed by atoms with Crippen molar-refractivity contribution >= 4 is 51.2 Å². The second-order valence-electron chi connectivity index (χ2n) is 13.5. The highest BCUT2D eigenvalue weighted by Crippen LogP contribution is 2.41. The number of likely N-dealkylation sites (N-methyl/N-ethyl adjacent to an activating group) is 2. The van der Waals surface area contributed by atoms with Crippen molar-refractivity contribution in [1.82, 2.24) is 29.7 Å². The third kappa shape index (κ3) is 7.32. The molecule has 1 amide bonds. The minimum absolute atomic E-state index is 0.00205. The number of hydrogen-bond donors (Lipinski definition) is 2. The predicted octanol–water partition coefficient (Wildman–Crippen LogP) is 7.48. The van der Waals surface area contributed by atoms with E-state index in [1.54, 1.807) is 4.90 Å². The second-order valence-corrected chi connectivity index (χ2v) is 13.5. The number of amides is 1. The molecule has 0 saturated heterocycles. The van der Waals surface area contributed by atoms with Gasteiger partial charge in [-0.25, -0.2) is 4.98 Å². The zero-order valence-electron chi connectivity index (χ0n) is 30.3. The highest BCUT2D eigenvalue weighted by Gasteiger charge is 2.30. The van der Waals surface area contributed by atoms with Crippen molar-refractivity contribution in [2.45, 2.75) is 65.2 Å². The summed E-state index contributed by atoms with van der Waals surface area (Å²) in [6, 6.07) is 8.39. The smallest absolute Gasteiger partial charge is 0.305 e. The highest BCUT2D eigenvalue weighted by atomic mass is 16.5. The zero-order chi connectivity index (χ0) is 35.6. The van der Waals surface area contributed by atoms with E-state index in [1.165, 1.54) is 7.11 Å². The van der Waals surface area contributed by atoms with Gasteiger partial charge in [0.1, 0.15) is 0 Å². The van der Waals surface area contributed by atoms with Crippen LogP contribution in [0.3, 0.4) is 0 Å². The van der Waals surface area contributed by atoms with Gasteiger partial charge in [0.05, 0.1) is 18.5 Å². The third-order valence-corrected chi connectivity index (χ3v) is 10.2. The van der Waals surface area contributed by atoms with Crippen LogP contribution in [0.15, 0.2) is 43.5 Å². The lowest BCUT2D eigenvalue weighted by Crippen LogP contribution is -2.33. The van der Waals surface area contributed by atoms with Gasteiger partial charge in [0.2, 0.25) is 5.91 Å². The van der Waals surface area contributed by atoms with Crippen LogP contribution in [0.2, 0.25) is 0 Å². The molecule has 9 nitrogen and oxygen atoms in total. The molecule has 49 heavy (non-hydrogen) atoms. The number of ether oxygens (including phenoxy) is 1. The van der Waals surface area contributed by atoms with Crippen LogP contribution in [-0.4, -0.2) is 83.0 Å². The first-order valence-corrected chi connectivity index (χ1v) is 17.0. The van der Waals surface area contributed by atoms with Gasteiger partial charge in [0, 0.05) is 89.4 Å². The molecule has 2 unspecified atom stereocenters. The van der Waals surface area contributed by atoms with Gasteiger partial charge in [-0.1, -0.05) is 32.2 Å². The first kappa shape index (κ1) is 35.5. The fourth-order valence-corrected chi connectivity index (χ4v) is 6.89. The number of aromatic amines is 2. The van der Waals surface area contributed by atoms with Crippen LogP contribution in [0.4, 0.5) is 0 Å². The number of hydrogen-bond acceptors (Lipinski definition) is 6. The number of fused-ring (bicyclic) bond motifs is 8. The number of esters is 1. The number of carbonyl (C=O) groups excluding carboxylic acids is 2. The van der Waals surface area contributed by atoms with E-state index in [9.17, 15) is 9.59 Å². The minimum atomic E-state index is -0.238. The number of H-pyrrole nitrogens is 2. The van der Waals surface area contributed by atoms with E-state index < -0.39 is 0 Å². The summed E-state index contributed by atoms with van der Waals surface area (Å²) in [4.78, 5) is 47.0. The van der Waals surface area contributed by atoms with Crippen molar-refractivity contribution < 1.29 is 14.3 Å². The number of carbonyl (C=O) groups is 2. The molecule has 9 heteroatoms. The van der Waals surface area contributed by atoms with Crippen molar-refractivity contribution in [2.75, 3.05) is 41.3 Å². The molecule has 3 aromatic rings. The Bertz CT molecular complexity index is 2000. The second kappa shape index (κ2) is 14.8. The Morgan fingerprint density at radius 3 is 2.20 bits per heavy atom. The summed E-state index contributed by atoms with van der Waals surface area (Å²) in [5.41, 5.74) is 13.5. The fraction of sp³-hybridized carbons (Fsp3) is 0.400. The number of allylic oxidation sites excluding steroid dienone is 3. The molecule has 2 atom stereocenters. The Morgan fingerprint density at radius 2 is 1.53 bits per heavy atom. The van der Waals surface area contributed by atoms with Crippen LogP contribution in [0.1, 0.15) is 90.0 Å². The van der Waals surface area contributed by atoms with Gasteiger partial charge in [0.15, 0.2) is 0 Å². The molecule has 0 saturated carbocycles. The summed E-state index contributed by atoms with van der Waals surface area (Å²) in [6.07, 6.45) is 5.59. The molecule has 258 valence electrons. The summed E-state index contributed by atoms with van der Waals surface area (Å²) in [5, 5.41) is 0. The Labute approximate surface area is 289 Å². The Morgan fingerprint density at radius 1 is 0.857 bits per heavy atom. The van der Waals surface area contributed by atoms with Crippen LogP contribution in [0.25, 0.3) is 39.3 Å². The van der Waals surface area contributed by atoms with Gasteiger partial charge < -0.3 is 24.5 Å². The third-order valence-electron chi connectivity index (χ3n) is 10.2. The number of methoxy groups -OCH3 is 1. The van der Waals surface area contributed by atoms with Crippen molar-refractivity contribution in [3.63, 3.8) is 0 Å². The molecule has 0 aromatic carbocycles. The Hall–Kier alpha value is -4.76. The van der Waals surface area contributed by atoms with Crippen molar-refractivity contribution in [1.29, 1.82) is 0 Å². The Kier molecular flexibility index (Phi) is 10.7. The summed E-state index contributed by atoms with van der Waals surface area (Å²) >= 11 is 0. The number of nitrogens with zero attached hydrogens (tertiary/aromatic N) is 4. The maximum absolute atomic E-state index is 13.2. The van der Waals surface area contributed by atoms with E-state index in [1.807, 2.05) is 33.3 Å². The van der Waals surface area contributed by atoms with Crippen LogP contribution in [-0.2, 0) is 20.7 Å². The van der Waals surface area contributed by atoms with Gasteiger partial charge >= 0.3 is 5.97 Å². The first-order chi connectivity index (χ1) is 23.4. The quantitative estimate of drug-likeness (QED) is 0.206. The topological polar surface area (TPSA) is 107 Å². The Balaban J connectivity index is 1.77. The molecule has 0 radical (unpaired) electrons. The number of aromatic nitrogens is 4. The molecule has 8 bridgehead atoms. The van der Waals surface area contributed by atoms with Crippen LogP contribution in [0.5, 0.6) is 0 Å². The maximum Gasteiger partial charge on any atom is 0.305 e. The van der Waals surface area contributed by atoms with Gasteiger partial charge in [-0.3, -0.25) is 14.6 Å². The number of rotatable bonds is 11. The van der Waals surface area contributed by atoms with Crippen LogP contribution >= 0.6 is 0 Å². The van der Waals surface area contributed by atoms with Gasteiger partial charge in [0.25, 0.3) is 0 Å². The molecule has 5 heterocycles. The molecule has 0 fully saturated rings.